The maximum atomic E-state index is 12.3. The number of urea groups is 1. The third kappa shape index (κ3) is 5.96. The average molecular weight is 328 g/mol. The van der Waals surface area contributed by atoms with Gasteiger partial charge >= 0.3 is 6.03 Å². The first kappa shape index (κ1) is 18.0. The molecule has 1 N–H and O–H groups in total. The number of carbonyl (C=O) groups excluding carboxylic acids is 2. The molecule has 3 amide bonds. The Morgan fingerprint density at radius 3 is 2.35 bits per heavy atom. The summed E-state index contributed by atoms with van der Waals surface area (Å²) in [5, 5.41) is 2.81. The van der Waals surface area contributed by atoms with Crippen LogP contribution in [0.4, 0.5) is 4.79 Å². The fourth-order valence-corrected chi connectivity index (χ4v) is 2.77. The van der Waals surface area contributed by atoms with E-state index >= 15 is 0 Å². The number of hydrogen-bond acceptors (Lipinski definition) is 5. The van der Waals surface area contributed by atoms with Crippen molar-refractivity contribution in [3.63, 3.8) is 0 Å². The second-order valence-corrected chi connectivity index (χ2v) is 5.80. The molecule has 2 saturated heterocycles. The van der Waals surface area contributed by atoms with E-state index in [1.54, 1.807) is 12.0 Å². The van der Waals surface area contributed by atoms with Crippen LogP contribution in [0.1, 0.15) is 6.42 Å². The summed E-state index contributed by atoms with van der Waals surface area (Å²) in [6, 6.07) is -0.0811. The van der Waals surface area contributed by atoms with Crippen LogP contribution in [0, 0.1) is 0 Å². The molecule has 0 saturated carbocycles. The average Bonchev–Trinajstić information content (AvgIpc) is 2.61. The van der Waals surface area contributed by atoms with Gasteiger partial charge in [-0.1, -0.05) is 0 Å². The molecule has 2 aliphatic heterocycles. The van der Waals surface area contributed by atoms with Crippen LogP contribution in [0.3, 0.4) is 0 Å². The zero-order chi connectivity index (χ0) is 16.5. The summed E-state index contributed by atoms with van der Waals surface area (Å²) in [7, 11) is 1.60. The quantitative estimate of drug-likeness (QED) is 0.647. The molecule has 2 rings (SSSR count). The standard InChI is InChI=1S/C15H28N4O4/c1-22-11-3-16-15(21)19-7-5-18(6-8-19)14(20)2-4-17-9-12-23-13-10-17/h2-13H2,1H3,(H,16,21). The van der Waals surface area contributed by atoms with E-state index in [0.717, 1.165) is 32.8 Å². The molecular weight excluding hydrogens is 300 g/mol. The minimum Gasteiger partial charge on any atom is -0.383 e. The van der Waals surface area contributed by atoms with Crippen LogP contribution in [0.2, 0.25) is 0 Å². The predicted molar refractivity (Wildman–Crippen MR) is 85.3 cm³/mol. The highest BCUT2D eigenvalue weighted by Crippen LogP contribution is 2.06. The Morgan fingerprint density at radius 1 is 1.04 bits per heavy atom. The maximum Gasteiger partial charge on any atom is 0.317 e. The van der Waals surface area contributed by atoms with E-state index in [1.807, 2.05) is 4.90 Å². The molecule has 0 radical (unpaired) electrons. The largest absolute Gasteiger partial charge is 0.383 e. The topological polar surface area (TPSA) is 74.4 Å². The van der Waals surface area contributed by atoms with Crippen molar-refractivity contribution in [3.05, 3.63) is 0 Å². The van der Waals surface area contributed by atoms with Crippen molar-refractivity contribution in [3.8, 4) is 0 Å². The number of ether oxygens (including phenoxy) is 2. The van der Waals surface area contributed by atoms with Crippen LogP contribution in [0.5, 0.6) is 0 Å². The molecule has 0 aliphatic carbocycles. The van der Waals surface area contributed by atoms with Crippen LogP contribution >= 0.6 is 0 Å². The Balaban J connectivity index is 1.63. The van der Waals surface area contributed by atoms with Crippen molar-refractivity contribution in [1.82, 2.24) is 20.0 Å². The van der Waals surface area contributed by atoms with Crippen molar-refractivity contribution in [2.45, 2.75) is 6.42 Å². The zero-order valence-corrected chi connectivity index (χ0v) is 14.0. The van der Waals surface area contributed by atoms with Gasteiger partial charge in [0.05, 0.1) is 19.8 Å². The molecular formula is C15H28N4O4. The van der Waals surface area contributed by atoms with Crippen LogP contribution in [-0.4, -0.2) is 106 Å². The van der Waals surface area contributed by atoms with Gasteiger partial charge in [-0.15, -0.1) is 0 Å². The third-order valence-electron chi connectivity index (χ3n) is 4.25. The number of piperazine rings is 1. The molecule has 0 aromatic heterocycles. The normalized spacial score (nSPS) is 19.7. The highest BCUT2D eigenvalue weighted by molar-refractivity contribution is 5.77. The van der Waals surface area contributed by atoms with Crippen LogP contribution in [0.15, 0.2) is 0 Å². The molecule has 2 fully saturated rings. The number of hydrogen-bond donors (Lipinski definition) is 1. The summed E-state index contributed by atoms with van der Waals surface area (Å²) in [6.45, 7) is 7.52. The summed E-state index contributed by atoms with van der Waals surface area (Å²) in [4.78, 5) is 30.1. The van der Waals surface area contributed by atoms with E-state index < -0.39 is 0 Å². The van der Waals surface area contributed by atoms with Crippen molar-refractivity contribution in [2.75, 3.05) is 79.3 Å². The Kier molecular flexibility index (Phi) is 7.57. The van der Waals surface area contributed by atoms with E-state index in [4.69, 9.17) is 9.47 Å². The van der Waals surface area contributed by atoms with Gasteiger partial charge in [0.15, 0.2) is 0 Å². The summed E-state index contributed by atoms with van der Waals surface area (Å²) in [6.07, 6.45) is 0.542. The molecule has 0 spiro atoms. The Bertz CT molecular complexity index is 380. The van der Waals surface area contributed by atoms with E-state index in [0.29, 0.717) is 45.8 Å². The van der Waals surface area contributed by atoms with Gasteiger partial charge < -0.3 is 24.6 Å². The number of amides is 3. The van der Waals surface area contributed by atoms with Crippen molar-refractivity contribution < 1.29 is 19.1 Å². The highest BCUT2D eigenvalue weighted by Gasteiger charge is 2.24. The van der Waals surface area contributed by atoms with Gasteiger partial charge in [-0.25, -0.2) is 4.79 Å². The van der Waals surface area contributed by atoms with Gasteiger partial charge in [0.1, 0.15) is 0 Å². The Labute approximate surface area is 137 Å². The molecule has 8 nitrogen and oxygen atoms in total. The lowest BCUT2D eigenvalue weighted by molar-refractivity contribution is -0.133. The SMILES string of the molecule is COCCNC(=O)N1CCN(C(=O)CCN2CCOCC2)CC1. The van der Waals surface area contributed by atoms with Gasteiger partial charge in [-0.05, 0) is 0 Å². The lowest BCUT2D eigenvalue weighted by Gasteiger charge is -2.35. The molecule has 8 heteroatoms. The zero-order valence-electron chi connectivity index (χ0n) is 14.0. The first-order valence-electron chi connectivity index (χ1n) is 8.30. The number of nitrogens with one attached hydrogen (secondary N) is 1. The van der Waals surface area contributed by atoms with Crippen LogP contribution < -0.4 is 5.32 Å². The Hall–Kier alpha value is -1.38. The predicted octanol–water partition coefficient (Wildman–Crippen LogP) is -0.791. The second kappa shape index (κ2) is 9.69. The third-order valence-corrected chi connectivity index (χ3v) is 4.25. The summed E-state index contributed by atoms with van der Waals surface area (Å²) in [5.74, 6) is 0.177. The van der Waals surface area contributed by atoms with E-state index in [-0.39, 0.29) is 11.9 Å². The van der Waals surface area contributed by atoms with E-state index in [1.165, 1.54) is 0 Å². The first-order valence-corrected chi connectivity index (χ1v) is 8.30. The first-order chi connectivity index (χ1) is 11.2. The monoisotopic (exact) mass is 328 g/mol. The molecule has 2 aliphatic rings. The number of carbonyl (C=O) groups is 2. The summed E-state index contributed by atoms with van der Waals surface area (Å²) >= 11 is 0. The molecule has 0 aromatic carbocycles. The van der Waals surface area contributed by atoms with Crippen LogP contribution in [-0.2, 0) is 14.3 Å². The highest BCUT2D eigenvalue weighted by atomic mass is 16.5. The number of morpholine rings is 1. The van der Waals surface area contributed by atoms with Crippen LogP contribution in [0.25, 0.3) is 0 Å². The maximum absolute atomic E-state index is 12.3. The minimum absolute atomic E-state index is 0.0811. The summed E-state index contributed by atoms with van der Waals surface area (Å²) < 4.78 is 10.2. The number of nitrogens with zero attached hydrogens (tertiary/aromatic N) is 3. The molecule has 132 valence electrons. The van der Waals surface area contributed by atoms with Gasteiger partial charge in [0.2, 0.25) is 5.91 Å². The van der Waals surface area contributed by atoms with Gasteiger partial charge in [-0.2, -0.15) is 0 Å². The number of rotatable bonds is 6. The molecule has 2 heterocycles. The van der Waals surface area contributed by atoms with Crippen molar-refractivity contribution in [1.29, 1.82) is 0 Å². The van der Waals surface area contributed by atoms with E-state index in [2.05, 4.69) is 10.2 Å². The second-order valence-electron chi connectivity index (χ2n) is 5.80. The van der Waals surface area contributed by atoms with Crippen molar-refractivity contribution in [2.24, 2.45) is 0 Å². The molecule has 0 unspecified atom stereocenters. The lowest BCUT2D eigenvalue weighted by atomic mass is 10.2. The van der Waals surface area contributed by atoms with Gasteiger partial charge in [0.25, 0.3) is 0 Å². The lowest BCUT2D eigenvalue weighted by Crippen LogP contribution is -2.53. The minimum atomic E-state index is -0.0811. The Morgan fingerprint density at radius 2 is 1.70 bits per heavy atom. The molecule has 0 aromatic rings. The molecule has 0 atom stereocenters. The van der Waals surface area contributed by atoms with Gasteiger partial charge in [0, 0.05) is 65.9 Å². The van der Waals surface area contributed by atoms with Crippen molar-refractivity contribution >= 4 is 11.9 Å². The van der Waals surface area contributed by atoms with E-state index in [9.17, 15) is 9.59 Å². The smallest absolute Gasteiger partial charge is 0.317 e. The molecule has 0 bridgehead atoms. The fourth-order valence-electron chi connectivity index (χ4n) is 2.77. The number of methoxy groups -OCH3 is 1. The van der Waals surface area contributed by atoms with Gasteiger partial charge in [-0.3, -0.25) is 9.69 Å². The molecule has 23 heavy (non-hydrogen) atoms. The fraction of sp³-hybridized carbons (Fsp3) is 0.867. The summed E-state index contributed by atoms with van der Waals surface area (Å²) in [5.41, 5.74) is 0.